The number of amides is 3. The summed E-state index contributed by atoms with van der Waals surface area (Å²) in [6, 6.07) is 6.96. The van der Waals surface area contributed by atoms with Crippen LogP contribution in [0.5, 0.6) is 0 Å². The predicted octanol–water partition coefficient (Wildman–Crippen LogP) is 4.19. The summed E-state index contributed by atoms with van der Waals surface area (Å²) in [5.74, 6) is -0.985. The van der Waals surface area contributed by atoms with Crippen LogP contribution in [0.15, 0.2) is 24.3 Å². The van der Waals surface area contributed by atoms with Crippen molar-refractivity contribution in [3.63, 3.8) is 0 Å². The number of hydrogen-bond donors (Lipinski definition) is 3. The first-order valence-electron chi connectivity index (χ1n) is 12.6. The lowest BCUT2D eigenvalue weighted by Gasteiger charge is -2.31. The van der Waals surface area contributed by atoms with Crippen LogP contribution in [0.25, 0.3) is 0 Å². The molecule has 2 aromatic rings. The number of aryl methyl sites for hydroxylation is 1. The number of carbonyl (C=O) groups is 3. The predicted molar refractivity (Wildman–Crippen MR) is 139 cm³/mol. The second-order valence-corrected chi connectivity index (χ2v) is 10.5. The Morgan fingerprint density at radius 2 is 1.66 bits per heavy atom. The van der Waals surface area contributed by atoms with Crippen LogP contribution < -0.4 is 21.3 Å². The molecule has 8 nitrogen and oxygen atoms in total. The van der Waals surface area contributed by atoms with E-state index in [-0.39, 0.29) is 40.2 Å². The smallest absolute Gasteiger partial charge is 0.273 e. The lowest BCUT2D eigenvalue weighted by molar-refractivity contribution is -0.122. The van der Waals surface area contributed by atoms with E-state index in [9.17, 15) is 14.4 Å². The molecule has 2 aliphatic rings. The van der Waals surface area contributed by atoms with E-state index in [1.165, 1.54) is 11.3 Å². The quantitative estimate of drug-likeness (QED) is 0.530. The van der Waals surface area contributed by atoms with Crippen LogP contribution >= 0.6 is 11.5 Å². The van der Waals surface area contributed by atoms with Gasteiger partial charge in [0.25, 0.3) is 11.8 Å². The summed E-state index contributed by atoms with van der Waals surface area (Å²) in [4.78, 5) is 41.4. The average molecular weight is 498 g/mol. The van der Waals surface area contributed by atoms with Crippen molar-refractivity contribution in [3.05, 3.63) is 40.4 Å². The van der Waals surface area contributed by atoms with Gasteiger partial charge in [-0.2, -0.15) is 4.37 Å². The number of aromatic nitrogens is 1. The molecule has 1 aromatic carbocycles. The molecule has 0 spiro atoms. The zero-order valence-corrected chi connectivity index (χ0v) is 21.3. The molecule has 0 saturated heterocycles. The molecular formula is C26H35N5O3S. The van der Waals surface area contributed by atoms with Crippen LogP contribution in [0, 0.1) is 6.92 Å². The molecule has 188 valence electrons. The lowest BCUT2D eigenvalue weighted by Crippen LogP contribution is -2.51. The Bertz CT molecular complexity index is 1070. The highest BCUT2D eigenvalue weighted by atomic mass is 32.1. The van der Waals surface area contributed by atoms with Gasteiger partial charge in [-0.3, -0.25) is 19.3 Å². The van der Waals surface area contributed by atoms with E-state index in [0.717, 1.165) is 68.5 Å². The molecule has 2 aliphatic carbocycles. The first-order valence-corrected chi connectivity index (χ1v) is 13.4. The van der Waals surface area contributed by atoms with Crippen molar-refractivity contribution in [2.24, 2.45) is 0 Å². The van der Waals surface area contributed by atoms with E-state index < -0.39 is 11.9 Å². The molecule has 35 heavy (non-hydrogen) atoms. The van der Waals surface area contributed by atoms with Crippen molar-refractivity contribution in [1.82, 2.24) is 15.0 Å². The van der Waals surface area contributed by atoms with Crippen LogP contribution in [-0.2, 0) is 4.79 Å². The van der Waals surface area contributed by atoms with Crippen LogP contribution in [0.3, 0.4) is 0 Å². The molecule has 0 bridgehead atoms. The second-order valence-electron chi connectivity index (χ2n) is 9.76. The van der Waals surface area contributed by atoms with Gasteiger partial charge >= 0.3 is 0 Å². The van der Waals surface area contributed by atoms with Gasteiger partial charge < -0.3 is 16.4 Å². The van der Waals surface area contributed by atoms with Gasteiger partial charge in [-0.25, -0.2) is 0 Å². The fourth-order valence-electron chi connectivity index (χ4n) is 5.03. The van der Waals surface area contributed by atoms with E-state index in [1.807, 2.05) is 25.1 Å². The summed E-state index contributed by atoms with van der Waals surface area (Å²) >= 11 is 0.904. The normalized spacial score (nSPS) is 17.7. The standard InChI is InChI=1S/C26H35N5O3S/c1-16-9-8-14-20(15-16)31(17(2)24(32)28-18-10-4-3-5-11-18)26(34)23-21(27)22(30-35-23)25(33)29-19-12-6-7-13-19/h8-9,14-15,17-19H,3-7,10-13,27H2,1-2H3,(H,28,32)(H,29,33). The number of carbonyl (C=O) groups excluding carboxylic acids is 3. The van der Waals surface area contributed by atoms with E-state index in [4.69, 9.17) is 5.73 Å². The third kappa shape index (κ3) is 5.83. The minimum absolute atomic E-state index is 0.0630. The van der Waals surface area contributed by atoms with Crippen LogP contribution in [-0.4, -0.2) is 40.2 Å². The molecule has 2 fully saturated rings. The highest BCUT2D eigenvalue weighted by Gasteiger charge is 2.33. The Morgan fingerprint density at radius 3 is 2.31 bits per heavy atom. The van der Waals surface area contributed by atoms with E-state index in [0.29, 0.717) is 5.69 Å². The summed E-state index contributed by atoms with van der Waals surface area (Å²) in [5, 5.41) is 6.11. The van der Waals surface area contributed by atoms with Gasteiger partial charge in [0.15, 0.2) is 5.69 Å². The number of hydrogen-bond acceptors (Lipinski definition) is 6. The number of nitrogens with zero attached hydrogens (tertiary/aromatic N) is 2. The topological polar surface area (TPSA) is 117 Å². The lowest BCUT2D eigenvalue weighted by atomic mass is 9.95. The number of nitrogen functional groups attached to an aromatic ring is 1. The average Bonchev–Trinajstić information content (AvgIpc) is 3.49. The highest BCUT2D eigenvalue weighted by Crippen LogP contribution is 2.29. The maximum atomic E-state index is 13.8. The van der Waals surface area contributed by atoms with Crippen molar-refractivity contribution < 1.29 is 14.4 Å². The Balaban J connectivity index is 1.58. The molecule has 0 aliphatic heterocycles. The Hall–Kier alpha value is -2.94. The summed E-state index contributed by atoms with van der Waals surface area (Å²) in [6.45, 7) is 3.66. The molecule has 1 heterocycles. The van der Waals surface area contributed by atoms with Crippen LogP contribution in [0.2, 0.25) is 0 Å². The minimum Gasteiger partial charge on any atom is -0.395 e. The third-order valence-electron chi connectivity index (χ3n) is 7.04. The minimum atomic E-state index is -0.761. The van der Waals surface area contributed by atoms with Crippen molar-refractivity contribution in [2.45, 2.75) is 89.8 Å². The Labute approximate surface area is 210 Å². The van der Waals surface area contributed by atoms with Crippen molar-refractivity contribution in [3.8, 4) is 0 Å². The van der Waals surface area contributed by atoms with Gasteiger partial charge in [-0.05, 0) is 68.8 Å². The van der Waals surface area contributed by atoms with Crippen molar-refractivity contribution >= 4 is 40.6 Å². The van der Waals surface area contributed by atoms with Gasteiger partial charge in [0.05, 0.1) is 5.69 Å². The van der Waals surface area contributed by atoms with E-state index >= 15 is 0 Å². The molecule has 1 unspecified atom stereocenters. The zero-order chi connectivity index (χ0) is 24.9. The number of rotatable bonds is 7. The second kappa shape index (κ2) is 11.2. The molecule has 1 atom stereocenters. The number of nitrogens with one attached hydrogen (secondary N) is 2. The van der Waals surface area contributed by atoms with Gasteiger partial charge in [-0.1, -0.05) is 44.2 Å². The Morgan fingerprint density at radius 1 is 1.03 bits per heavy atom. The molecule has 4 rings (SSSR count). The molecule has 3 amide bonds. The van der Waals surface area contributed by atoms with Gasteiger partial charge in [0, 0.05) is 17.8 Å². The molecule has 1 aromatic heterocycles. The third-order valence-corrected chi connectivity index (χ3v) is 7.90. The van der Waals surface area contributed by atoms with Gasteiger partial charge in [0.2, 0.25) is 5.91 Å². The zero-order valence-electron chi connectivity index (χ0n) is 20.5. The fraction of sp³-hybridized carbons (Fsp3) is 0.538. The molecule has 2 saturated carbocycles. The first-order chi connectivity index (χ1) is 16.8. The summed E-state index contributed by atoms with van der Waals surface area (Å²) in [7, 11) is 0. The fourth-order valence-corrected chi connectivity index (χ4v) is 5.76. The monoisotopic (exact) mass is 497 g/mol. The van der Waals surface area contributed by atoms with E-state index in [1.54, 1.807) is 13.0 Å². The summed E-state index contributed by atoms with van der Waals surface area (Å²) in [5.41, 5.74) is 8.00. The van der Waals surface area contributed by atoms with Crippen molar-refractivity contribution in [1.29, 1.82) is 0 Å². The number of anilines is 2. The largest absolute Gasteiger partial charge is 0.395 e. The van der Waals surface area contributed by atoms with Gasteiger partial charge in [0.1, 0.15) is 10.9 Å². The number of nitrogens with two attached hydrogens (primary N) is 1. The maximum absolute atomic E-state index is 13.8. The summed E-state index contributed by atoms with van der Waals surface area (Å²) in [6.07, 6.45) is 9.37. The molecule has 0 radical (unpaired) electrons. The van der Waals surface area contributed by atoms with Crippen LogP contribution in [0.1, 0.15) is 90.4 Å². The number of benzene rings is 1. The molecule has 9 heteroatoms. The SMILES string of the molecule is Cc1cccc(N(C(=O)c2snc(C(=O)NC3CCCC3)c2N)C(C)C(=O)NC2CCCCC2)c1. The van der Waals surface area contributed by atoms with E-state index in [2.05, 4.69) is 15.0 Å². The van der Waals surface area contributed by atoms with Crippen molar-refractivity contribution in [2.75, 3.05) is 10.6 Å². The Kier molecular flexibility index (Phi) is 8.05. The maximum Gasteiger partial charge on any atom is 0.273 e. The highest BCUT2D eigenvalue weighted by molar-refractivity contribution is 7.09. The molecular weight excluding hydrogens is 462 g/mol. The first kappa shape index (κ1) is 25.2. The van der Waals surface area contributed by atoms with Gasteiger partial charge in [-0.15, -0.1) is 0 Å². The van der Waals surface area contributed by atoms with Crippen LogP contribution in [0.4, 0.5) is 11.4 Å². The summed E-state index contributed by atoms with van der Waals surface area (Å²) < 4.78 is 4.23. The molecule has 4 N–H and O–H groups in total.